The molecule has 16 heteroatoms. The minimum Gasteiger partial charge on any atom is -0.338 e. The number of nitrogens with zero attached hydrogens (tertiary/aromatic N) is 9. The summed E-state index contributed by atoms with van der Waals surface area (Å²) >= 11 is 12.8. The topological polar surface area (TPSA) is 209 Å². The molecule has 0 amide bonds. The van der Waals surface area contributed by atoms with E-state index < -0.39 is 0 Å². The predicted octanol–water partition coefficient (Wildman–Crippen LogP) is 9.26. The van der Waals surface area contributed by atoms with E-state index in [4.69, 9.17) is 44.2 Å². The van der Waals surface area contributed by atoms with E-state index in [0.29, 0.717) is 51.1 Å². The number of benzene rings is 4. The summed E-state index contributed by atoms with van der Waals surface area (Å²) in [6.07, 6.45) is 10.1. The molecule has 14 nitrogen and oxygen atoms in total. The molecule has 0 atom stereocenters. The number of anilines is 4. The Bertz CT molecular complexity index is 3160. The van der Waals surface area contributed by atoms with Gasteiger partial charge < -0.3 is 16.4 Å². The Labute approximate surface area is 339 Å². The van der Waals surface area contributed by atoms with Crippen molar-refractivity contribution < 1.29 is 0 Å². The number of nitriles is 1. The van der Waals surface area contributed by atoms with E-state index in [0.717, 1.165) is 65.7 Å². The number of para-hydroxylation sites is 2. The number of hydrogen-bond acceptors (Lipinski definition) is 12. The number of fused-ring (bicyclic) bond motifs is 6. The summed E-state index contributed by atoms with van der Waals surface area (Å²) in [4.78, 5) is 27.0. The molecular weight excluding hydrogens is 771 g/mol. The van der Waals surface area contributed by atoms with Crippen LogP contribution in [0.15, 0.2) is 122 Å². The Balaban J connectivity index is 0.000000150. The summed E-state index contributed by atoms with van der Waals surface area (Å²) in [6, 6.07) is 28.6. The third-order valence-corrected chi connectivity index (χ3v) is 10.1. The van der Waals surface area contributed by atoms with Crippen LogP contribution in [0.4, 0.5) is 23.0 Å². The molecule has 6 heterocycles. The summed E-state index contributed by atoms with van der Waals surface area (Å²) in [5.41, 5.74) is 11.8. The average molecular weight is 800 g/mol. The van der Waals surface area contributed by atoms with Crippen molar-refractivity contribution in [3.63, 3.8) is 0 Å². The molecule has 0 unspecified atom stereocenters. The molecule has 0 aliphatic carbocycles. The third-order valence-electron chi connectivity index (χ3n) is 9.47. The SMILES string of the molecule is N#Cc1ccc(Nc2nc3c(-c4ncn[nH]4)cccc3c3cnccc23)c(Cl)c1.NCc1ccc(Nc2nc3c(-c4ncn[nH]4)cccc3c3cnccc23)c(Cl)c1. The molecule has 0 aliphatic heterocycles. The second kappa shape index (κ2) is 15.5. The van der Waals surface area contributed by atoms with Crippen LogP contribution in [0.25, 0.3) is 66.1 Å². The third kappa shape index (κ3) is 6.82. The van der Waals surface area contributed by atoms with Crippen LogP contribution in [-0.4, -0.2) is 50.3 Å². The fraction of sp³-hybridized carbons (Fsp3) is 0.0238. The normalized spacial score (nSPS) is 11.1. The maximum atomic E-state index is 9.06. The Morgan fingerprint density at radius 2 is 1.16 bits per heavy atom. The zero-order chi connectivity index (χ0) is 39.6. The molecule has 0 bridgehead atoms. The van der Waals surface area contributed by atoms with Crippen LogP contribution in [0.2, 0.25) is 10.0 Å². The molecule has 280 valence electrons. The Hall–Kier alpha value is -7.57. The average Bonchev–Trinajstić information content (AvgIpc) is 4.01. The van der Waals surface area contributed by atoms with E-state index in [1.54, 1.807) is 30.6 Å². The van der Waals surface area contributed by atoms with E-state index >= 15 is 0 Å². The van der Waals surface area contributed by atoms with Crippen LogP contribution in [-0.2, 0) is 6.54 Å². The fourth-order valence-electron chi connectivity index (χ4n) is 6.71. The number of hydrogen-bond donors (Lipinski definition) is 5. The highest BCUT2D eigenvalue weighted by molar-refractivity contribution is 6.34. The van der Waals surface area contributed by atoms with Gasteiger partial charge in [0.05, 0.1) is 44.1 Å². The number of halogens is 2. The molecule has 0 spiro atoms. The largest absolute Gasteiger partial charge is 0.338 e. The quantitative estimate of drug-likeness (QED) is 0.0956. The van der Waals surface area contributed by atoms with Crippen molar-refractivity contribution in [3.05, 3.63) is 144 Å². The molecule has 0 aliphatic rings. The van der Waals surface area contributed by atoms with Gasteiger partial charge >= 0.3 is 0 Å². The van der Waals surface area contributed by atoms with E-state index in [1.165, 1.54) is 12.7 Å². The van der Waals surface area contributed by atoms with Crippen LogP contribution in [0, 0.1) is 11.3 Å². The highest BCUT2D eigenvalue weighted by Crippen LogP contribution is 2.37. The van der Waals surface area contributed by atoms with Gasteiger partial charge in [0.25, 0.3) is 0 Å². The monoisotopic (exact) mass is 798 g/mol. The zero-order valence-corrected chi connectivity index (χ0v) is 31.6. The highest BCUT2D eigenvalue weighted by Gasteiger charge is 2.17. The molecule has 0 fully saturated rings. The van der Waals surface area contributed by atoms with Gasteiger partial charge in [0.2, 0.25) is 0 Å². The molecule has 4 aromatic carbocycles. The number of aromatic amines is 2. The number of aromatic nitrogens is 10. The lowest BCUT2D eigenvalue weighted by Crippen LogP contribution is -2.00. The van der Waals surface area contributed by atoms with Crippen molar-refractivity contribution in [2.24, 2.45) is 5.73 Å². The number of nitrogens with one attached hydrogen (secondary N) is 4. The number of nitrogens with two attached hydrogens (primary N) is 1. The fourth-order valence-corrected chi connectivity index (χ4v) is 7.19. The molecular formula is C42H28Cl2N14. The Morgan fingerprint density at radius 1 is 0.621 bits per heavy atom. The smallest absolute Gasteiger partial charge is 0.157 e. The standard InChI is InChI=1S/C21H16ClN7.C21H12ClN7/c2*22-17-8-12(9-23)4-5-18(17)27-21-14-6-7-24-10-16(14)13-2-1-3-15(19(13)28-21)20-25-11-26-29-20/h1-8,10-11H,9,23H2,(H,27,28)(H,25,26,29);1-8,10-11H,(H,27,28)(H,25,26,29). The first-order valence-corrected chi connectivity index (χ1v) is 18.5. The minimum absolute atomic E-state index is 0.434. The highest BCUT2D eigenvalue weighted by atomic mass is 35.5. The van der Waals surface area contributed by atoms with Gasteiger partial charge in [-0.05, 0) is 60.2 Å². The minimum atomic E-state index is 0.434. The van der Waals surface area contributed by atoms with Crippen molar-refractivity contribution in [2.75, 3.05) is 10.6 Å². The van der Waals surface area contributed by atoms with E-state index in [2.05, 4.69) is 57.0 Å². The molecule has 0 saturated carbocycles. The summed E-state index contributed by atoms with van der Waals surface area (Å²) in [5.74, 6) is 2.61. The van der Waals surface area contributed by atoms with Crippen molar-refractivity contribution in [1.29, 1.82) is 5.26 Å². The van der Waals surface area contributed by atoms with Crippen LogP contribution < -0.4 is 16.4 Å². The predicted molar refractivity (Wildman–Crippen MR) is 227 cm³/mol. The molecule has 6 aromatic heterocycles. The lowest BCUT2D eigenvalue weighted by molar-refractivity contribution is 1.07. The van der Waals surface area contributed by atoms with Crippen LogP contribution in [0.3, 0.4) is 0 Å². The summed E-state index contributed by atoms with van der Waals surface area (Å²) < 4.78 is 0. The van der Waals surface area contributed by atoms with Crippen molar-refractivity contribution in [2.45, 2.75) is 6.54 Å². The first-order chi connectivity index (χ1) is 28.5. The van der Waals surface area contributed by atoms with Gasteiger partial charge in [0, 0.05) is 74.8 Å². The van der Waals surface area contributed by atoms with Gasteiger partial charge in [-0.15, -0.1) is 0 Å². The molecule has 58 heavy (non-hydrogen) atoms. The van der Waals surface area contributed by atoms with E-state index in [1.807, 2.05) is 79.1 Å². The maximum absolute atomic E-state index is 9.06. The van der Waals surface area contributed by atoms with Crippen LogP contribution in [0.5, 0.6) is 0 Å². The van der Waals surface area contributed by atoms with E-state index in [9.17, 15) is 0 Å². The first kappa shape index (κ1) is 36.1. The van der Waals surface area contributed by atoms with Crippen molar-refractivity contribution in [3.8, 4) is 28.8 Å². The summed E-state index contributed by atoms with van der Waals surface area (Å²) in [7, 11) is 0. The number of pyridine rings is 4. The first-order valence-electron chi connectivity index (χ1n) is 17.8. The van der Waals surface area contributed by atoms with Gasteiger partial charge in [-0.3, -0.25) is 20.2 Å². The second-order valence-electron chi connectivity index (χ2n) is 12.9. The molecule has 10 aromatic rings. The van der Waals surface area contributed by atoms with Crippen LogP contribution >= 0.6 is 23.2 Å². The summed E-state index contributed by atoms with van der Waals surface area (Å²) in [6.45, 7) is 0.434. The molecule has 6 N–H and O–H groups in total. The van der Waals surface area contributed by atoms with Gasteiger partial charge in [0.15, 0.2) is 11.6 Å². The maximum Gasteiger partial charge on any atom is 0.157 e. The van der Waals surface area contributed by atoms with Crippen LogP contribution in [0.1, 0.15) is 11.1 Å². The van der Waals surface area contributed by atoms with Gasteiger partial charge in [0.1, 0.15) is 24.3 Å². The number of H-pyrrole nitrogens is 2. The van der Waals surface area contributed by atoms with Gasteiger partial charge in [-0.1, -0.05) is 53.5 Å². The Morgan fingerprint density at radius 3 is 1.62 bits per heavy atom. The second-order valence-corrected chi connectivity index (χ2v) is 13.7. The summed E-state index contributed by atoms with van der Waals surface area (Å²) in [5, 5.41) is 36.2. The van der Waals surface area contributed by atoms with Gasteiger partial charge in [-0.2, -0.15) is 15.5 Å². The van der Waals surface area contributed by atoms with E-state index in [-0.39, 0.29) is 0 Å². The van der Waals surface area contributed by atoms with Crippen molar-refractivity contribution >= 4 is 89.6 Å². The number of rotatable bonds is 7. The molecule has 0 radical (unpaired) electrons. The zero-order valence-electron chi connectivity index (χ0n) is 30.1. The molecule has 10 rings (SSSR count). The van der Waals surface area contributed by atoms with Crippen molar-refractivity contribution in [1.82, 2.24) is 50.3 Å². The van der Waals surface area contributed by atoms with Gasteiger partial charge in [-0.25, -0.2) is 19.9 Å². The lowest BCUT2D eigenvalue weighted by atomic mass is 10.0. The lowest BCUT2D eigenvalue weighted by Gasteiger charge is -2.14. The molecule has 0 saturated heterocycles. The Kier molecular flexibility index (Phi) is 9.66.